The third kappa shape index (κ3) is 3.81. The summed E-state index contributed by atoms with van der Waals surface area (Å²) >= 11 is 0. The van der Waals surface area contributed by atoms with E-state index in [2.05, 4.69) is 16.1 Å². The van der Waals surface area contributed by atoms with Gasteiger partial charge in [0.1, 0.15) is 5.82 Å². The molecule has 110 valence electrons. The lowest BCUT2D eigenvalue weighted by molar-refractivity contribution is 0.0600. The van der Waals surface area contributed by atoms with Gasteiger partial charge in [-0.25, -0.2) is 9.18 Å². The first-order valence-electron chi connectivity index (χ1n) is 6.68. The molecular formula is C17H18FNO2. The van der Waals surface area contributed by atoms with Gasteiger partial charge in [0.25, 0.3) is 0 Å². The molecule has 4 heteroatoms. The molecule has 0 aliphatic carbocycles. The van der Waals surface area contributed by atoms with E-state index in [0.29, 0.717) is 12.1 Å². The summed E-state index contributed by atoms with van der Waals surface area (Å²) in [4.78, 5) is 11.5. The van der Waals surface area contributed by atoms with Crippen LogP contribution < -0.4 is 5.32 Å². The van der Waals surface area contributed by atoms with Crippen LogP contribution in [-0.4, -0.2) is 13.1 Å². The van der Waals surface area contributed by atoms with E-state index in [0.717, 1.165) is 16.7 Å². The Kier molecular flexibility index (Phi) is 4.58. The predicted octanol–water partition coefficient (Wildman–Crippen LogP) is 3.84. The van der Waals surface area contributed by atoms with Crippen molar-refractivity contribution in [1.82, 2.24) is 0 Å². The van der Waals surface area contributed by atoms with Gasteiger partial charge in [-0.15, -0.1) is 0 Å². The molecule has 0 amide bonds. The second kappa shape index (κ2) is 6.39. The Morgan fingerprint density at radius 2 is 1.81 bits per heavy atom. The average molecular weight is 287 g/mol. The minimum absolute atomic E-state index is 0.289. The number of benzene rings is 2. The van der Waals surface area contributed by atoms with E-state index >= 15 is 0 Å². The fraction of sp³-hybridized carbons (Fsp3) is 0.235. The lowest BCUT2D eigenvalue weighted by Gasteiger charge is -2.10. The van der Waals surface area contributed by atoms with Gasteiger partial charge in [-0.3, -0.25) is 0 Å². The van der Waals surface area contributed by atoms with Crippen LogP contribution in [0.4, 0.5) is 10.1 Å². The first-order valence-corrected chi connectivity index (χ1v) is 6.68. The molecule has 21 heavy (non-hydrogen) atoms. The molecule has 0 saturated heterocycles. The van der Waals surface area contributed by atoms with E-state index in [1.165, 1.54) is 25.3 Å². The van der Waals surface area contributed by atoms with Crippen molar-refractivity contribution in [2.24, 2.45) is 0 Å². The Morgan fingerprint density at radius 3 is 2.43 bits per heavy atom. The minimum atomic E-state index is -0.482. The molecule has 1 N–H and O–H groups in total. The van der Waals surface area contributed by atoms with Gasteiger partial charge in [0, 0.05) is 6.54 Å². The van der Waals surface area contributed by atoms with Gasteiger partial charge in [-0.1, -0.05) is 29.3 Å². The van der Waals surface area contributed by atoms with Crippen molar-refractivity contribution in [3.8, 4) is 0 Å². The molecule has 0 fully saturated rings. The van der Waals surface area contributed by atoms with Crippen molar-refractivity contribution < 1.29 is 13.9 Å². The standard InChI is InChI=1S/C17H18FNO2/c1-11-6-12(2)8-13(7-11)10-19-16-9-14(17(20)21-3)4-5-15(16)18/h4-9,19H,10H2,1-3H3. The summed E-state index contributed by atoms with van der Waals surface area (Å²) in [6, 6.07) is 10.3. The zero-order valence-corrected chi connectivity index (χ0v) is 12.4. The van der Waals surface area contributed by atoms with E-state index in [1.807, 2.05) is 26.0 Å². The van der Waals surface area contributed by atoms with E-state index in [9.17, 15) is 9.18 Å². The Hall–Kier alpha value is -2.36. The quantitative estimate of drug-likeness (QED) is 0.868. The van der Waals surface area contributed by atoms with Gasteiger partial charge in [-0.2, -0.15) is 0 Å². The summed E-state index contributed by atoms with van der Waals surface area (Å²) in [5.41, 5.74) is 4.00. The molecule has 0 atom stereocenters. The third-order valence-corrected chi connectivity index (χ3v) is 3.15. The van der Waals surface area contributed by atoms with Crippen LogP contribution in [0.5, 0.6) is 0 Å². The van der Waals surface area contributed by atoms with Crippen molar-refractivity contribution in [3.05, 3.63) is 64.5 Å². The smallest absolute Gasteiger partial charge is 0.337 e. The summed E-state index contributed by atoms with van der Waals surface area (Å²) in [6.07, 6.45) is 0. The van der Waals surface area contributed by atoms with Crippen molar-refractivity contribution in [2.45, 2.75) is 20.4 Å². The second-order valence-electron chi connectivity index (χ2n) is 5.04. The third-order valence-electron chi connectivity index (χ3n) is 3.15. The highest BCUT2D eigenvalue weighted by molar-refractivity contribution is 5.90. The van der Waals surface area contributed by atoms with Crippen LogP contribution in [0.3, 0.4) is 0 Å². The van der Waals surface area contributed by atoms with Crippen LogP contribution >= 0.6 is 0 Å². The van der Waals surface area contributed by atoms with Crippen LogP contribution in [0.25, 0.3) is 0 Å². The van der Waals surface area contributed by atoms with Crippen LogP contribution in [0.2, 0.25) is 0 Å². The molecule has 0 spiro atoms. The molecule has 0 heterocycles. The molecule has 2 aromatic carbocycles. The minimum Gasteiger partial charge on any atom is -0.465 e. The summed E-state index contributed by atoms with van der Waals surface area (Å²) in [5, 5.41) is 3.02. The lowest BCUT2D eigenvalue weighted by Crippen LogP contribution is -2.06. The molecule has 0 bridgehead atoms. The van der Waals surface area contributed by atoms with Crippen molar-refractivity contribution in [3.63, 3.8) is 0 Å². The van der Waals surface area contributed by atoms with E-state index in [4.69, 9.17) is 0 Å². The molecule has 0 aliphatic rings. The molecule has 2 rings (SSSR count). The van der Waals surface area contributed by atoms with Gasteiger partial charge in [0.2, 0.25) is 0 Å². The van der Waals surface area contributed by atoms with Gasteiger partial charge >= 0.3 is 5.97 Å². The number of esters is 1. The maximum Gasteiger partial charge on any atom is 0.337 e. The number of carbonyl (C=O) groups is 1. The summed E-state index contributed by atoms with van der Waals surface area (Å²) < 4.78 is 18.4. The van der Waals surface area contributed by atoms with Crippen LogP contribution in [-0.2, 0) is 11.3 Å². The Bertz CT molecular complexity index is 648. The number of rotatable bonds is 4. The van der Waals surface area contributed by atoms with Gasteiger partial charge in [0.15, 0.2) is 0 Å². The predicted molar refractivity (Wildman–Crippen MR) is 81.0 cm³/mol. The first kappa shape index (κ1) is 15.0. The molecule has 0 radical (unpaired) electrons. The molecule has 0 saturated carbocycles. The number of nitrogens with one attached hydrogen (secondary N) is 1. The number of methoxy groups -OCH3 is 1. The van der Waals surface area contributed by atoms with Gasteiger partial charge in [-0.05, 0) is 37.6 Å². The maximum atomic E-state index is 13.8. The van der Waals surface area contributed by atoms with Crippen molar-refractivity contribution in [1.29, 1.82) is 0 Å². The van der Waals surface area contributed by atoms with Crippen LogP contribution in [0.15, 0.2) is 36.4 Å². The fourth-order valence-corrected chi connectivity index (χ4v) is 2.27. The molecular weight excluding hydrogens is 269 g/mol. The molecule has 0 unspecified atom stereocenters. The lowest BCUT2D eigenvalue weighted by atomic mass is 10.1. The van der Waals surface area contributed by atoms with Crippen LogP contribution in [0, 0.1) is 19.7 Å². The molecule has 0 aromatic heterocycles. The topological polar surface area (TPSA) is 38.3 Å². The van der Waals surface area contributed by atoms with Crippen molar-refractivity contribution in [2.75, 3.05) is 12.4 Å². The number of carbonyl (C=O) groups excluding carboxylic acids is 1. The van der Waals surface area contributed by atoms with Gasteiger partial charge < -0.3 is 10.1 Å². The average Bonchev–Trinajstić information content (AvgIpc) is 2.44. The number of anilines is 1. The molecule has 3 nitrogen and oxygen atoms in total. The highest BCUT2D eigenvalue weighted by atomic mass is 19.1. The molecule has 0 aliphatic heterocycles. The normalized spacial score (nSPS) is 10.3. The Balaban J connectivity index is 2.17. The number of ether oxygens (including phenoxy) is 1. The highest BCUT2D eigenvalue weighted by Gasteiger charge is 2.09. The SMILES string of the molecule is COC(=O)c1ccc(F)c(NCc2cc(C)cc(C)c2)c1. The monoisotopic (exact) mass is 287 g/mol. The zero-order valence-electron chi connectivity index (χ0n) is 12.4. The Labute approximate surface area is 123 Å². The van der Waals surface area contributed by atoms with Crippen LogP contribution in [0.1, 0.15) is 27.0 Å². The summed E-state index contributed by atoms with van der Waals surface area (Å²) in [5.74, 6) is -0.878. The van der Waals surface area contributed by atoms with E-state index in [1.54, 1.807) is 0 Å². The maximum absolute atomic E-state index is 13.8. The highest BCUT2D eigenvalue weighted by Crippen LogP contribution is 2.18. The fourth-order valence-electron chi connectivity index (χ4n) is 2.27. The largest absolute Gasteiger partial charge is 0.465 e. The second-order valence-corrected chi connectivity index (χ2v) is 5.04. The Morgan fingerprint density at radius 1 is 1.14 bits per heavy atom. The summed E-state index contributed by atoms with van der Waals surface area (Å²) in [6.45, 7) is 4.54. The number of hydrogen-bond acceptors (Lipinski definition) is 3. The number of halogens is 1. The zero-order chi connectivity index (χ0) is 15.4. The van der Waals surface area contributed by atoms with Gasteiger partial charge in [0.05, 0.1) is 18.4 Å². The van der Waals surface area contributed by atoms with Crippen molar-refractivity contribution >= 4 is 11.7 Å². The number of hydrogen-bond donors (Lipinski definition) is 1. The molecule has 2 aromatic rings. The van der Waals surface area contributed by atoms with E-state index < -0.39 is 11.8 Å². The number of aryl methyl sites for hydroxylation is 2. The summed E-state index contributed by atoms with van der Waals surface area (Å²) in [7, 11) is 1.30. The van der Waals surface area contributed by atoms with E-state index in [-0.39, 0.29) is 5.69 Å². The first-order chi connectivity index (χ1) is 9.99.